The number of nitrogens with two attached hydrogens (primary N) is 1. The fraction of sp³-hybridized carbons (Fsp3) is 0.727. The first kappa shape index (κ1) is 11.6. The maximum atomic E-state index is 5.88. The molecule has 0 aromatic carbocycles. The number of nitrogens with zero attached hydrogens (tertiary/aromatic N) is 2. The predicted octanol–water partition coefficient (Wildman–Crippen LogP) is 0.623. The Balaban J connectivity index is 2.21. The molecule has 5 nitrogen and oxygen atoms in total. The zero-order valence-electron chi connectivity index (χ0n) is 9.90. The highest BCUT2D eigenvalue weighted by Crippen LogP contribution is 2.26. The van der Waals surface area contributed by atoms with Crippen molar-refractivity contribution in [1.82, 2.24) is 10.1 Å². The van der Waals surface area contributed by atoms with E-state index in [9.17, 15) is 0 Å². The average molecular weight is 225 g/mol. The van der Waals surface area contributed by atoms with Crippen LogP contribution in [0.5, 0.6) is 0 Å². The van der Waals surface area contributed by atoms with E-state index in [1.165, 1.54) is 0 Å². The fourth-order valence-corrected chi connectivity index (χ4v) is 2.30. The molecule has 0 bridgehead atoms. The van der Waals surface area contributed by atoms with E-state index in [0.717, 1.165) is 43.3 Å². The first-order valence-electron chi connectivity index (χ1n) is 5.68. The molecule has 1 fully saturated rings. The molecule has 16 heavy (non-hydrogen) atoms. The van der Waals surface area contributed by atoms with Crippen molar-refractivity contribution in [2.75, 3.05) is 32.8 Å². The number of aromatic nitrogens is 1. The quantitative estimate of drug-likeness (QED) is 0.817. The molecule has 1 unspecified atom stereocenters. The molecular formula is C11H19N3O2. The van der Waals surface area contributed by atoms with Gasteiger partial charge in [0.25, 0.3) is 0 Å². The topological polar surface area (TPSA) is 64.5 Å². The molecular weight excluding hydrogens is 206 g/mol. The van der Waals surface area contributed by atoms with Gasteiger partial charge in [0.1, 0.15) is 5.76 Å². The molecule has 1 aromatic rings. The van der Waals surface area contributed by atoms with Crippen LogP contribution in [-0.2, 0) is 4.74 Å². The SMILES string of the molecule is Cc1noc(C)c1C(CN)N1CCOCC1. The van der Waals surface area contributed by atoms with Gasteiger partial charge in [-0.25, -0.2) is 0 Å². The van der Waals surface area contributed by atoms with Gasteiger partial charge < -0.3 is 15.0 Å². The average Bonchev–Trinajstić information content (AvgIpc) is 2.63. The van der Waals surface area contributed by atoms with Crippen molar-refractivity contribution >= 4 is 0 Å². The van der Waals surface area contributed by atoms with Crippen molar-refractivity contribution < 1.29 is 9.26 Å². The fourth-order valence-electron chi connectivity index (χ4n) is 2.30. The molecule has 2 rings (SSSR count). The van der Waals surface area contributed by atoms with Crippen LogP contribution in [0.3, 0.4) is 0 Å². The van der Waals surface area contributed by atoms with Gasteiger partial charge in [0.05, 0.1) is 24.9 Å². The third-order valence-electron chi connectivity index (χ3n) is 3.13. The molecule has 1 atom stereocenters. The summed E-state index contributed by atoms with van der Waals surface area (Å²) in [6.07, 6.45) is 0. The lowest BCUT2D eigenvalue weighted by atomic mass is 10.0. The highest BCUT2D eigenvalue weighted by atomic mass is 16.5. The van der Waals surface area contributed by atoms with E-state index in [4.69, 9.17) is 15.0 Å². The molecule has 5 heteroatoms. The van der Waals surface area contributed by atoms with Crippen molar-refractivity contribution in [2.24, 2.45) is 5.73 Å². The molecule has 1 aromatic heterocycles. The number of hydrogen-bond donors (Lipinski definition) is 1. The minimum atomic E-state index is 0.204. The van der Waals surface area contributed by atoms with Gasteiger partial charge in [0, 0.05) is 25.2 Å². The van der Waals surface area contributed by atoms with E-state index in [1.807, 2.05) is 13.8 Å². The number of aryl methyl sites for hydroxylation is 2. The van der Waals surface area contributed by atoms with Gasteiger partial charge in [-0.1, -0.05) is 5.16 Å². The van der Waals surface area contributed by atoms with Gasteiger partial charge in [-0.3, -0.25) is 4.90 Å². The smallest absolute Gasteiger partial charge is 0.138 e. The maximum Gasteiger partial charge on any atom is 0.138 e. The van der Waals surface area contributed by atoms with Gasteiger partial charge >= 0.3 is 0 Å². The summed E-state index contributed by atoms with van der Waals surface area (Å²) in [6.45, 7) is 7.90. The Labute approximate surface area is 95.5 Å². The summed E-state index contributed by atoms with van der Waals surface area (Å²) in [6, 6.07) is 0.204. The van der Waals surface area contributed by atoms with Crippen LogP contribution in [0.25, 0.3) is 0 Å². The number of ether oxygens (including phenoxy) is 1. The summed E-state index contributed by atoms with van der Waals surface area (Å²) >= 11 is 0. The summed E-state index contributed by atoms with van der Waals surface area (Å²) in [5.41, 5.74) is 7.97. The molecule has 90 valence electrons. The molecule has 0 spiro atoms. The lowest BCUT2D eigenvalue weighted by molar-refractivity contribution is 0.0175. The standard InChI is InChI=1S/C11H19N3O2/c1-8-11(9(2)16-13-8)10(7-12)14-3-5-15-6-4-14/h10H,3-7,12H2,1-2H3. The minimum absolute atomic E-state index is 0.204. The normalized spacial score (nSPS) is 19.9. The van der Waals surface area contributed by atoms with Crippen molar-refractivity contribution in [1.29, 1.82) is 0 Å². The largest absolute Gasteiger partial charge is 0.379 e. The Bertz CT molecular complexity index is 325. The van der Waals surface area contributed by atoms with Gasteiger partial charge in [-0.2, -0.15) is 0 Å². The van der Waals surface area contributed by atoms with Crippen LogP contribution in [0.1, 0.15) is 23.1 Å². The second-order valence-corrected chi connectivity index (χ2v) is 4.14. The summed E-state index contributed by atoms with van der Waals surface area (Å²) in [4.78, 5) is 2.34. The summed E-state index contributed by atoms with van der Waals surface area (Å²) in [7, 11) is 0. The van der Waals surface area contributed by atoms with Gasteiger partial charge in [-0.05, 0) is 13.8 Å². The second-order valence-electron chi connectivity index (χ2n) is 4.14. The molecule has 2 N–H and O–H groups in total. The van der Waals surface area contributed by atoms with E-state index in [0.29, 0.717) is 6.54 Å². The maximum absolute atomic E-state index is 5.88. The van der Waals surface area contributed by atoms with Crippen molar-refractivity contribution in [3.63, 3.8) is 0 Å². The minimum Gasteiger partial charge on any atom is -0.379 e. The van der Waals surface area contributed by atoms with Crippen molar-refractivity contribution in [3.8, 4) is 0 Å². The highest BCUT2D eigenvalue weighted by molar-refractivity contribution is 5.25. The van der Waals surface area contributed by atoms with E-state index >= 15 is 0 Å². The number of morpholine rings is 1. The molecule has 0 radical (unpaired) electrons. The zero-order valence-corrected chi connectivity index (χ0v) is 9.90. The molecule has 0 saturated carbocycles. The molecule has 1 saturated heterocycles. The van der Waals surface area contributed by atoms with Crippen LogP contribution in [0.4, 0.5) is 0 Å². The van der Waals surface area contributed by atoms with Crippen LogP contribution in [0, 0.1) is 13.8 Å². The van der Waals surface area contributed by atoms with Gasteiger partial charge in [0.15, 0.2) is 0 Å². The van der Waals surface area contributed by atoms with E-state index in [1.54, 1.807) is 0 Å². The zero-order chi connectivity index (χ0) is 11.5. The lowest BCUT2D eigenvalue weighted by Crippen LogP contribution is -2.42. The van der Waals surface area contributed by atoms with Crippen LogP contribution in [0.15, 0.2) is 4.52 Å². The van der Waals surface area contributed by atoms with Gasteiger partial charge in [0.2, 0.25) is 0 Å². The third kappa shape index (κ3) is 2.11. The third-order valence-corrected chi connectivity index (χ3v) is 3.13. The number of rotatable bonds is 3. The first-order chi connectivity index (χ1) is 7.74. The number of hydrogen-bond acceptors (Lipinski definition) is 5. The lowest BCUT2D eigenvalue weighted by Gasteiger charge is -2.33. The van der Waals surface area contributed by atoms with Crippen molar-refractivity contribution in [2.45, 2.75) is 19.9 Å². The Kier molecular flexibility index (Phi) is 3.58. The van der Waals surface area contributed by atoms with Crippen LogP contribution >= 0.6 is 0 Å². The Morgan fingerprint density at radius 1 is 1.38 bits per heavy atom. The summed E-state index contributed by atoms with van der Waals surface area (Å²) < 4.78 is 10.6. The molecule has 0 aliphatic carbocycles. The Morgan fingerprint density at radius 2 is 2.06 bits per heavy atom. The monoisotopic (exact) mass is 225 g/mol. The Hall–Kier alpha value is -0.910. The highest BCUT2D eigenvalue weighted by Gasteiger charge is 2.26. The first-order valence-corrected chi connectivity index (χ1v) is 5.68. The van der Waals surface area contributed by atoms with E-state index in [-0.39, 0.29) is 6.04 Å². The van der Waals surface area contributed by atoms with Crippen LogP contribution < -0.4 is 5.73 Å². The Morgan fingerprint density at radius 3 is 2.56 bits per heavy atom. The van der Waals surface area contributed by atoms with Crippen LogP contribution in [-0.4, -0.2) is 42.9 Å². The van der Waals surface area contributed by atoms with E-state index < -0.39 is 0 Å². The van der Waals surface area contributed by atoms with Gasteiger partial charge in [-0.15, -0.1) is 0 Å². The molecule has 2 heterocycles. The second kappa shape index (κ2) is 4.95. The van der Waals surface area contributed by atoms with E-state index in [2.05, 4.69) is 10.1 Å². The molecule has 0 amide bonds. The molecule has 1 aliphatic rings. The van der Waals surface area contributed by atoms with Crippen LogP contribution in [0.2, 0.25) is 0 Å². The summed E-state index contributed by atoms with van der Waals surface area (Å²) in [5, 5.41) is 3.99. The summed E-state index contributed by atoms with van der Waals surface area (Å²) in [5.74, 6) is 0.874. The van der Waals surface area contributed by atoms with Crippen molar-refractivity contribution in [3.05, 3.63) is 17.0 Å². The predicted molar refractivity (Wildman–Crippen MR) is 60.2 cm³/mol. The molecule has 1 aliphatic heterocycles.